The molecule has 1 aliphatic rings. The molecule has 2 heterocycles. The average molecular weight is 534 g/mol. The molecule has 0 N–H and O–H groups in total. The van der Waals surface area contributed by atoms with Crippen LogP contribution in [-0.2, 0) is 17.1 Å². The summed E-state index contributed by atoms with van der Waals surface area (Å²) in [4.78, 5) is 14.3. The van der Waals surface area contributed by atoms with Crippen molar-refractivity contribution in [3.8, 4) is 11.3 Å². The van der Waals surface area contributed by atoms with E-state index >= 15 is 0 Å². The summed E-state index contributed by atoms with van der Waals surface area (Å²) in [6.45, 7) is 0. The number of halogens is 7. The quantitative estimate of drug-likeness (QED) is 0.194. The van der Waals surface area contributed by atoms with Gasteiger partial charge in [0.05, 0.1) is 21.7 Å². The lowest BCUT2D eigenvalue weighted by Gasteiger charge is -2.14. The summed E-state index contributed by atoms with van der Waals surface area (Å²) in [6, 6.07) is 10.1. The third-order valence-corrected chi connectivity index (χ3v) is 6.20. The van der Waals surface area contributed by atoms with Crippen molar-refractivity contribution in [2.45, 2.75) is 12.4 Å². The molecule has 1 saturated heterocycles. The van der Waals surface area contributed by atoms with Gasteiger partial charge in [-0.3, -0.25) is 9.69 Å². The largest absolute Gasteiger partial charge is 0.457 e. The Balaban J connectivity index is 1.66. The lowest BCUT2D eigenvalue weighted by molar-refractivity contribution is -0.143. The van der Waals surface area contributed by atoms with Gasteiger partial charge in [0.15, 0.2) is 4.32 Å². The Morgan fingerprint density at radius 1 is 0.912 bits per heavy atom. The summed E-state index contributed by atoms with van der Waals surface area (Å²) < 4.78 is 84.5. The minimum atomic E-state index is -4.98. The van der Waals surface area contributed by atoms with Crippen LogP contribution in [0, 0.1) is 0 Å². The Hall–Kier alpha value is -2.76. The molecule has 0 unspecified atom stereocenters. The molecule has 4 rings (SSSR count). The lowest BCUT2D eigenvalue weighted by Crippen LogP contribution is -2.27. The maximum atomic E-state index is 13.1. The van der Waals surface area contributed by atoms with Crippen LogP contribution in [0.3, 0.4) is 0 Å². The molecule has 0 aliphatic carbocycles. The Bertz CT molecular complexity index is 1280. The molecule has 1 amide bonds. The lowest BCUT2D eigenvalue weighted by atomic mass is 10.0. The van der Waals surface area contributed by atoms with Crippen LogP contribution >= 0.6 is 35.6 Å². The number of anilines is 1. The smallest absolute Gasteiger partial charge is 0.416 e. The molecule has 176 valence electrons. The fourth-order valence-corrected chi connectivity index (χ4v) is 4.50. The molecule has 0 bridgehead atoms. The van der Waals surface area contributed by atoms with E-state index in [4.69, 9.17) is 28.2 Å². The topological polar surface area (TPSA) is 33.5 Å². The van der Waals surface area contributed by atoms with Gasteiger partial charge in [-0.15, -0.1) is 0 Å². The SMILES string of the molecule is O=C1/C(=C/c2ccc(-c3cc(C(F)(F)F)cc(C(F)(F)F)c3)o2)SC(=S)N1c1ccc(Cl)cc1. The Morgan fingerprint density at radius 2 is 1.50 bits per heavy atom. The Labute approximate surface area is 203 Å². The Kier molecular flexibility index (Phi) is 6.30. The third-order valence-electron chi connectivity index (χ3n) is 4.65. The Morgan fingerprint density at radius 3 is 2.06 bits per heavy atom. The number of carbonyl (C=O) groups excluding carboxylic acids is 1. The zero-order valence-electron chi connectivity index (χ0n) is 16.5. The van der Waals surface area contributed by atoms with Gasteiger partial charge in [0.1, 0.15) is 11.5 Å². The minimum Gasteiger partial charge on any atom is -0.457 e. The number of carbonyl (C=O) groups is 1. The maximum Gasteiger partial charge on any atom is 0.416 e. The van der Waals surface area contributed by atoms with Crippen molar-refractivity contribution in [1.82, 2.24) is 0 Å². The van der Waals surface area contributed by atoms with Crippen molar-refractivity contribution < 1.29 is 35.6 Å². The highest BCUT2D eigenvalue weighted by atomic mass is 35.5. The highest BCUT2D eigenvalue weighted by Crippen LogP contribution is 2.40. The second-order valence-electron chi connectivity index (χ2n) is 6.99. The molecule has 1 fully saturated rings. The molecule has 0 radical (unpaired) electrons. The number of hydrogen-bond donors (Lipinski definition) is 0. The van der Waals surface area contributed by atoms with E-state index in [1.54, 1.807) is 24.3 Å². The fourth-order valence-electron chi connectivity index (χ4n) is 3.09. The van der Waals surface area contributed by atoms with E-state index in [1.165, 1.54) is 23.1 Å². The van der Waals surface area contributed by atoms with Crippen LogP contribution in [0.2, 0.25) is 5.02 Å². The summed E-state index contributed by atoms with van der Waals surface area (Å²) in [5.74, 6) is -0.637. The maximum absolute atomic E-state index is 13.1. The van der Waals surface area contributed by atoms with Gasteiger partial charge in [0.2, 0.25) is 0 Å². The van der Waals surface area contributed by atoms with Crippen molar-refractivity contribution in [3.05, 3.63) is 81.4 Å². The molecule has 2 aromatic carbocycles. The summed E-state index contributed by atoms with van der Waals surface area (Å²) >= 11 is 12.1. The van der Waals surface area contributed by atoms with E-state index in [1.807, 2.05) is 0 Å². The number of alkyl halides is 6. The van der Waals surface area contributed by atoms with Crippen LogP contribution < -0.4 is 4.90 Å². The number of thiocarbonyl (C=S) groups is 1. The second kappa shape index (κ2) is 8.79. The van der Waals surface area contributed by atoms with Crippen molar-refractivity contribution in [1.29, 1.82) is 0 Å². The van der Waals surface area contributed by atoms with E-state index in [-0.39, 0.29) is 26.8 Å². The first kappa shape index (κ1) is 24.4. The summed E-state index contributed by atoms with van der Waals surface area (Å²) in [5, 5.41) is 0.469. The first-order chi connectivity index (χ1) is 15.8. The van der Waals surface area contributed by atoms with E-state index in [2.05, 4.69) is 0 Å². The number of amides is 1. The average Bonchev–Trinajstić information content (AvgIpc) is 3.32. The van der Waals surface area contributed by atoms with Crippen LogP contribution in [-0.4, -0.2) is 10.2 Å². The fraction of sp³-hybridized carbons (Fsp3) is 0.0909. The number of benzene rings is 2. The molecular formula is C22H10ClF6NO2S2. The van der Waals surface area contributed by atoms with E-state index in [0.717, 1.165) is 11.8 Å². The standard InChI is InChI=1S/C22H10ClF6NO2S2/c23-14-1-3-15(4-2-14)30-19(31)18(34-20(30)33)10-16-5-6-17(32-16)11-7-12(21(24,25)26)9-13(8-11)22(27,28)29/h1-10H/b18-10-. The van der Waals surface area contributed by atoms with E-state index < -0.39 is 35.0 Å². The van der Waals surface area contributed by atoms with Crippen molar-refractivity contribution in [2.24, 2.45) is 0 Å². The molecule has 3 aromatic rings. The third kappa shape index (κ3) is 5.01. The van der Waals surface area contributed by atoms with E-state index in [0.29, 0.717) is 22.8 Å². The molecular weight excluding hydrogens is 524 g/mol. The molecule has 0 spiro atoms. The van der Waals surface area contributed by atoms with Gasteiger partial charge >= 0.3 is 12.4 Å². The van der Waals surface area contributed by atoms with Crippen LogP contribution in [0.1, 0.15) is 16.9 Å². The number of rotatable bonds is 3. The van der Waals surface area contributed by atoms with Crippen molar-refractivity contribution in [2.75, 3.05) is 4.90 Å². The zero-order chi connectivity index (χ0) is 24.8. The zero-order valence-corrected chi connectivity index (χ0v) is 18.9. The number of nitrogens with zero attached hydrogens (tertiary/aromatic N) is 1. The second-order valence-corrected chi connectivity index (χ2v) is 9.10. The van der Waals surface area contributed by atoms with Gasteiger partial charge in [-0.1, -0.05) is 35.6 Å². The van der Waals surface area contributed by atoms with Crippen molar-refractivity contribution >= 4 is 57.6 Å². The number of furan rings is 1. The first-order valence-corrected chi connectivity index (χ1v) is 10.9. The highest BCUT2D eigenvalue weighted by molar-refractivity contribution is 8.27. The number of hydrogen-bond acceptors (Lipinski definition) is 4. The van der Waals surface area contributed by atoms with Gasteiger partial charge in [-0.05, 0) is 54.6 Å². The minimum absolute atomic E-state index is 0.0372. The molecule has 3 nitrogen and oxygen atoms in total. The number of thioether (sulfide) groups is 1. The van der Waals surface area contributed by atoms with Crippen LogP contribution in [0.5, 0.6) is 0 Å². The van der Waals surface area contributed by atoms with Crippen LogP contribution in [0.4, 0.5) is 32.0 Å². The normalized spacial score (nSPS) is 16.1. The van der Waals surface area contributed by atoms with Gasteiger partial charge in [0, 0.05) is 16.7 Å². The van der Waals surface area contributed by atoms with Crippen LogP contribution in [0.15, 0.2) is 63.9 Å². The summed E-state index contributed by atoms with van der Waals surface area (Å²) in [7, 11) is 0. The van der Waals surface area contributed by atoms with Crippen molar-refractivity contribution in [3.63, 3.8) is 0 Å². The highest BCUT2D eigenvalue weighted by Gasteiger charge is 2.37. The van der Waals surface area contributed by atoms with Crippen LogP contribution in [0.25, 0.3) is 17.4 Å². The summed E-state index contributed by atoms with van der Waals surface area (Å²) in [6.07, 6.45) is -8.65. The van der Waals surface area contributed by atoms with Gasteiger partial charge < -0.3 is 4.42 Å². The summed E-state index contributed by atoms with van der Waals surface area (Å²) in [5.41, 5.74) is -2.84. The van der Waals surface area contributed by atoms with Gasteiger partial charge in [0.25, 0.3) is 5.91 Å². The predicted molar refractivity (Wildman–Crippen MR) is 121 cm³/mol. The van der Waals surface area contributed by atoms with Gasteiger partial charge in [-0.2, -0.15) is 26.3 Å². The first-order valence-electron chi connectivity index (χ1n) is 9.26. The molecule has 1 aliphatic heterocycles. The molecule has 0 saturated carbocycles. The molecule has 0 atom stereocenters. The monoisotopic (exact) mass is 533 g/mol. The van der Waals surface area contributed by atoms with E-state index in [9.17, 15) is 31.1 Å². The molecule has 1 aromatic heterocycles. The predicted octanol–water partition coefficient (Wildman–Crippen LogP) is 8.04. The molecule has 34 heavy (non-hydrogen) atoms. The molecule has 12 heteroatoms. The van der Waals surface area contributed by atoms with Gasteiger partial charge in [-0.25, -0.2) is 0 Å².